The van der Waals surface area contributed by atoms with Crippen LogP contribution in [0, 0.1) is 0 Å². The van der Waals surface area contributed by atoms with Crippen LogP contribution in [0.3, 0.4) is 0 Å². The SMILES string of the molecule is COc1cc(NC(=O)c2cccc(NC(=O)c3cccnc3)c2)c(C(=O)N2CCCC2)cc1OC. The van der Waals surface area contributed by atoms with Crippen LogP contribution < -0.4 is 20.1 Å². The van der Waals surface area contributed by atoms with Gasteiger partial charge in [0.15, 0.2) is 11.5 Å². The molecular weight excluding hydrogens is 448 g/mol. The number of pyridine rings is 1. The Bertz CT molecular complexity index is 1240. The van der Waals surface area contributed by atoms with Gasteiger partial charge in [0, 0.05) is 42.8 Å². The molecule has 1 aliphatic rings. The summed E-state index contributed by atoms with van der Waals surface area (Å²) in [6.45, 7) is 1.33. The highest BCUT2D eigenvalue weighted by Crippen LogP contribution is 2.35. The molecule has 1 aromatic heterocycles. The average molecular weight is 475 g/mol. The molecule has 1 fully saturated rings. The molecule has 0 atom stereocenters. The second kappa shape index (κ2) is 10.7. The van der Waals surface area contributed by atoms with Gasteiger partial charge >= 0.3 is 0 Å². The van der Waals surface area contributed by atoms with Gasteiger partial charge in [-0.2, -0.15) is 0 Å². The topological polar surface area (TPSA) is 110 Å². The molecule has 3 aromatic rings. The molecule has 0 bridgehead atoms. The van der Waals surface area contributed by atoms with Crippen molar-refractivity contribution in [3.05, 3.63) is 77.6 Å². The summed E-state index contributed by atoms with van der Waals surface area (Å²) >= 11 is 0. The molecule has 2 aromatic carbocycles. The summed E-state index contributed by atoms with van der Waals surface area (Å²) in [5, 5.41) is 5.59. The van der Waals surface area contributed by atoms with Crippen molar-refractivity contribution < 1.29 is 23.9 Å². The minimum absolute atomic E-state index is 0.184. The minimum atomic E-state index is -0.440. The number of carbonyl (C=O) groups excluding carboxylic acids is 3. The molecule has 1 saturated heterocycles. The van der Waals surface area contributed by atoms with Crippen LogP contribution >= 0.6 is 0 Å². The lowest BCUT2D eigenvalue weighted by atomic mass is 10.1. The molecule has 0 spiro atoms. The molecule has 9 heteroatoms. The van der Waals surface area contributed by atoms with Gasteiger partial charge < -0.3 is 25.0 Å². The van der Waals surface area contributed by atoms with Crippen molar-refractivity contribution in [1.29, 1.82) is 0 Å². The summed E-state index contributed by atoms with van der Waals surface area (Å²) in [4.78, 5) is 44.5. The van der Waals surface area contributed by atoms with Crippen LogP contribution in [0.2, 0.25) is 0 Å². The van der Waals surface area contributed by atoms with Gasteiger partial charge in [-0.15, -0.1) is 0 Å². The molecule has 180 valence electrons. The zero-order chi connectivity index (χ0) is 24.8. The lowest BCUT2D eigenvalue weighted by Crippen LogP contribution is -2.29. The number of anilines is 2. The molecule has 1 aliphatic heterocycles. The van der Waals surface area contributed by atoms with Gasteiger partial charge in [-0.25, -0.2) is 0 Å². The van der Waals surface area contributed by atoms with Crippen molar-refractivity contribution in [2.24, 2.45) is 0 Å². The van der Waals surface area contributed by atoms with Gasteiger partial charge in [-0.3, -0.25) is 19.4 Å². The summed E-state index contributed by atoms with van der Waals surface area (Å²) in [7, 11) is 2.98. The van der Waals surface area contributed by atoms with E-state index in [9.17, 15) is 14.4 Å². The van der Waals surface area contributed by atoms with E-state index in [0.717, 1.165) is 12.8 Å². The highest BCUT2D eigenvalue weighted by atomic mass is 16.5. The van der Waals surface area contributed by atoms with E-state index in [4.69, 9.17) is 9.47 Å². The number of benzene rings is 2. The number of ether oxygens (including phenoxy) is 2. The fraction of sp³-hybridized carbons (Fsp3) is 0.231. The number of hydrogen-bond acceptors (Lipinski definition) is 6. The Kier molecular flexibility index (Phi) is 7.25. The second-order valence-corrected chi connectivity index (χ2v) is 7.98. The van der Waals surface area contributed by atoms with Gasteiger partial charge in [0.05, 0.1) is 31.0 Å². The zero-order valence-electron chi connectivity index (χ0n) is 19.5. The Hall–Kier alpha value is -4.40. The van der Waals surface area contributed by atoms with Crippen molar-refractivity contribution >= 4 is 29.1 Å². The van der Waals surface area contributed by atoms with Crippen LogP contribution in [-0.4, -0.2) is 54.9 Å². The van der Waals surface area contributed by atoms with Crippen LogP contribution in [0.5, 0.6) is 11.5 Å². The molecule has 0 aliphatic carbocycles. The number of hydrogen-bond donors (Lipinski definition) is 2. The molecule has 0 saturated carbocycles. The highest BCUT2D eigenvalue weighted by Gasteiger charge is 2.25. The Labute approximate surface area is 203 Å². The van der Waals surface area contributed by atoms with Crippen LogP contribution in [0.25, 0.3) is 0 Å². The van der Waals surface area contributed by atoms with E-state index >= 15 is 0 Å². The van der Waals surface area contributed by atoms with Crippen LogP contribution in [0.4, 0.5) is 11.4 Å². The first kappa shape index (κ1) is 23.7. The fourth-order valence-electron chi connectivity index (χ4n) is 3.88. The summed E-state index contributed by atoms with van der Waals surface area (Å²) in [5.41, 5.74) is 1.79. The third-order valence-corrected chi connectivity index (χ3v) is 5.70. The molecular formula is C26H26N4O5. The summed E-state index contributed by atoms with van der Waals surface area (Å²) < 4.78 is 10.7. The van der Waals surface area contributed by atoms with E-state index in [1.807, 2.05) is 0 Å². The maximum absolute atomic E-state index is 13.2. The van der Waals surface area contributed by atoms with E-state index < -0.39 is 5.91 Å². The maximum Gasteiger partial charge on any atom is 0.257 e. The Balaban J connectivity index is 1.59. The number of likely N-dealkylation sites (tertiary alicyclic amines) is 1. The second-order valence-electron chi connectivity index (χ2n) is 7.98. The first-order valence-electron chi connectivity index (χ1n) is 11.2. The molecule has 0 radical (unpaired) electrons. The van der Waals surface area contributed by atoms with Crippen molar-refractivity contribution in [2.45, 2.75) is 12.8 Å². The van der Waals surface area contributed by atoms with Crippen LogP contribution in [0.1, 0.15) is 43.9 Å². The smallest absolute Gasteiger partial charge is 0.257 e. The van der Waals surface area contributed by atoms with Crippen LogP contribution in [0.15, 0.2) is 60.9 Å². The number of carbonyl (C=O) groups is 3. The van der Waals surface area contributed by atoms with E-state index in [0.29, 0.717) is 52.7 Å². The fourth-order valence-corrected chi connectivity index (χ4v) is 3.88. The van der Waals surface area contributed by atoms with E-state index in [1.165, 1.54) is 20.4 Å². The Morgan fingerprint density at radius 1 is 0.857 bits per heavy atom. The summed E-state index contributed by atoms with van der Waals surface area (Å²) in [6, 6.07) is 13.0. The Morgan fingerprint density at radius 3 is 2.23 bits per heavy atom. The molecule has 2 N–H and O–H groups in total. The van der Waals surface area contributed by atoms with Crippen molar-refractivity contribution in [1.82, 2.24) is 9.88 Å². The normalized spacial score (nSPS) is 12.7. The lowest BCUT2D eigenvalue weighted by Gasteiger charge is -2.20. The zero-order valence-corrected chi connectivity index (χ0v) is 19.5. The number of aromatic nitrogens is 1. The quantitative estimate of drug-likeness (QED) is 0.539. The Morgan fingerprint density at radius 2 is 1.54 bits per heavy atom. The predicted molar refractivity (Wildman–Crippen MR) is 131 cm³/mol. The number of nitrogens with zero attached hydrogens (tertiary/aromatic N) is 2. The standard InChI is InChI=1S/C26H26N4O5/c1-34-22-14-20(26(33)30-11-3-4-12-30)21(15-23(22)35-2)29-24(31)17-7-5-9-19(13-17)28-25(32)18-8-6-10-27-16-18/h5-10,13-16H,3-4,11-12H2,1-2H3,(H,28,32)(H,29,31). The average Bonchev–Trinajstić information content (AvgIpc) is 3.44. The molecule has 35 heavy (non-hydrogen) atoms. The first-order valence-corrected chi connectivity index (χ1v) is 11.2. The number of nitrogens with one attached hydrogen (secondary N) is 2. The molecule has 0 unspecified atom stereocenters. The molecule has 3 amide bonds. The van der Waals surface area contributed by atoms with Gasteiger partial charge in [0.2, 0.25) is 0 Å². The summed E-state index contributed by atoms with van der Waals surface area (Å²) in [5.74, 6) is -0.179. The summed E-state index contributed by atoms with van der Waals surface area (Å²) in [6.07, 6.45) is 4.93. The lowest BCUT2D eigenvalue weighted by molar-refractivity contribution is 0.0793. The van der Waals surface area contributed by atoms with Gasteiger partial charge in [0.1, 0.15) is 0 Å². The molecule has 2 heterocycles. The minimum Gasteiger partial charge on any atom is -0.493 e. The van der Waals surface area contributed by atoms with Gasteiger partial charge in [0.25, 0.3) is 17.7 Å². The van der Waals surface area contributed by atoms with Crippen molar-refractivity contribution in [3.63, 3.8) is 0 Å². The van der Waals surface area contributed by atoms with Crippen molar-refractivity contribution in [3.8, 4) is 11.5 Å². The van der Waals surface area contributed by atoms with E-state index in [-0.39, 0.29) is 11.8 Å². The van der Waals surface area contributed by atoms with E-state index in [1.54, 1.807) is 59.6 Å². The number of amides is 3. The van der Waals surface area contributed by atoms with E-state index in [2.05, 4.69) is 15.6 Å². The molecule has 9 nitrogen and oxygen atoms in total. The van der Waals surface area contributed by atoms with Gasteiger partial charge in [-0.1, -0.05) is 6.07 Å². The van der Waals surface area contributed by atoms with Gasteiger partial charge in [-0.05, 0) is 49.2 Å². The largest absolute Gasteiger partial charge is 0.493 e. The van der Waals surface area contributed by atoms with Crippen molar-refractivity contribution in [2.75, 3.05) is 37.9 Å². The predicted octanol–water partition coefficient (Wildman–Crippen LogP) is 3.84. The monoisotopic (exact) mass is 474 g/mol. The highest BCUT2D eigenvalue weighted by molar-refractivity contribution is 6.10. The first-order chi connectivity index (χ1) is 17.0. The number of rotatable bonds is 7. The molecule has 4 rings (SSSR count). The maximum atomic E-state index is 13.2. The number of methoxy groups -OCH3 is 2. The third kappa shape index (κ3) is 5.40. The van der Waals surface area contributed by atoms with Crippen LogP contribution in [-0.2, 0) is 0 Å². The third-order valence-electron chi connectivity index (χ3n) is 5.70.